The van der Waals surface area contributed by atoms with E-state index in [0.717, 1.165) is 55.3 Å². The van der Waals surface area contributed by atoms with Gasteiger partial charge in [0.1, 0.15) is 10.0 Å². The number of nitrogens with zero attached hydrogens (tertiary/aromatic N) is 4. The maximum atomic E-state index is 13.4. The fourth-order valence-corrected chi connectivity index (χ4v) is 6.91. The SMILES string of the molecule is Cc1nc(-c2csc(S(=O)(=O)c3ccc4c(c3)nc(C(C)(C)C)n4CC3CCOCC3)c2)no1. The second kappa shape index (κ2) is 8.58. The van der Waals surface area contributed by atoms with Crippen molar-refractivity contribution >= 4 is 32.2 Å². The Kier molecular flexibility index (Phi) is 5.86. The molecule has 1 aromatic carbocycles. The van der Waals surface area contributed by atoms with Crippen LogP contribution in [0.25, 0.3) is 22.4 Å². The van der Waals surface area contributed by atoms with Gasteiger partial charge in [0.15, 0.2) is 0 Å². The third-order valence-corrected chi connectivity index (χ3v) is 9.30. The van der Waals surface area contributed by atoms with Crippen LogP contribution in [0.3, 0.4) is 0 Å². The molecule has 0 amide bonds. The zero-order valence-corrected chi connectivity index (χ0v) is 21.4. The Morgan fingerprint density at radius 1 is 1.15 bits per heavy atom. The summed E-state index contributed by atoms with van der Waals surface area (Å²) in [7, 11) is -3.71. The van der Waals surface area contributed by atoms with E-state index in [1.165, 1.54) is 0 Å². The van der Waals surface area contributed by atoms with Crippen LogP contribution in [-0.4, -0.2) is 41.3 Å². The Hall–Kier alpha value is -2.56. The summed E-state index contributed by atoms with van der Waals surface area (Å²) in [6.07, 6.45) is 2.05. The summed E-state index contributed by atoms with van der Waals surface area (Å²) in [6.45, 7) is 10.5. The highest BCUT2D eigenvalue weighted by Gasteiger charge is 2.27. The normalized spacial score (nSPS) is 15.9. The van der Waals surface area contributed by atoms with Crippen molar-refractivity contribution in [1.29, 1.82) is 0 Å². The second-order valence-corrected chi connectivity index (χ2v) is 12.9. The summed E-state index contributed by atoms with van der Waals surface area (Å²) in [5.74, 6) is 2.30. The van der Waals surface area contributed by atoms with Crippen molar-refractivity contribution in [2.75, 3.05) is 13.2 Å². The van der Waals surface area contributed by atoms with Gasteiger partial charge in [-0.05, 0) is 43.0 Å². The van der Waals surface area contributed by atoms with Crippen molar-refractivity contribution in [1.82, 2.24) is 19.7 Å². The largest absolute Gasteiger partial charge is 0.381 e. The van der Waals surface area contributed by atoms with E-state index in [0.29, 0.717) is 28.7 Å². The molecule has 0 aliphatic carbocycles. The number of rotatable bonds is 5. The van der Waals surface area contributed by atoms with Gasteiger partial charge in [-0.25, -0.2) is 13.4 Å². The van der Waals surface area contributed by atoms with Crippen LogP contribution in [0.1, 0.15) is 45.3 Å². The lowest BCUT2D eigenvalue weighted by atomic mass is 9.94. The lowest BCUT2D eigenvalue weighted by molar-refractivity contribution is 0.0611. The molecule has 1 fully saturated rings. The molecule has 4 aromatic rings. The summed E-state index contributed by atoms with van der Waals surface area (Å²) in [4.78, 5) is 9.33. The Bertz CT molecular complexity index is 1440. The van der Waals surface area contributed by atoms with Crippen LogP contribution in [0.5, 0.6) is 0 Å². The van der Waals surface area contributed by atoms with Crippen LogP contribution in [0.4, 0.5) is 0 Å². The topological polar surface area (TPSA) is 100 Å². The molecule has 0 atom stereocenters. The Morgan fingerprint density at radius 2 is 1.91 bits per heavy atom. The molecule has 10 heteroatoms. The third kappa shape index (κ3) is 4.30. The lowest BCUT2D eigenvalue weighted by Crippen LogP contribution is -2.25. The summed E-state index contributed by atoms with van der Waals surface area (Å²) in [5.41, 5.74) is 2.11. The smallest absolute Gasteiger partial charge is 0.223 e. The van der Waals surface area contributed by atoms with Crippen LogP contribution in [0.15, 0.2) is 43.3 Å². The highest BCUT2D eigenvalue weighted by Crippen LogP contribution is 2.34. The predicted octanol–water partition coefficient (Wildman–Crippen LogP) is 5.01. The number of aryl methyl sites for hydroxylation is 1. The lowest BCUT2D eigenvalue weighted by Gasteiger charge is -2.26. The highest BCUT2D eigenvalue weighted by molar-refractivity contribution is 7.93. The first-order valence-corrected chi connectivity index (χ1v) is 13.7. The van der Waals surface area contributed by atoms with Gasteiger partial charge in [-0.3, -0.25) is 0 Å². The molecule has 0 unspecified atom stereocenters. The van der Waals surface area contributed by atoms with E-state index in [-0.39, 0.29) is 14.5 Å². The fraction of sp³-hybridized carbons (Fsp3) is 0.458. The Balaban J connectivity index is 1.53. The first-order valence-electron chi connectivity index (χ1n) is 11.4. The first kappa shape index (κ1) is 23.2. The number of ether oxygens (including phenoxy) is 1. The average Bonchev–Trinajstić information content (AvgIpc) is 3.52. The van der Waals surface area contributed by atoms with Gasteiger partial charge in [0.05, 0.1) is 15.9 Å². The summed E-state index contributed by atoms with van der Waals surface area (Å²) in [5, 5.41) is 5.62. The third-order valence-electron chi connectivity index (χ3n) is 6.11. The van der Waals surface area contributed by atoms with Crippen molar-refractivity contribution in [3.05, 3.63) is 41.4 Å². The fourth-order valence-electron chi connectivity index (χ4n) is 4.33. The average molecular weight is 501 g/mol. The van der Waals surface area contributed by atoms with Crippen molar-refractivity contribution < 1.29 is 17.7 Å². The number of benzene rings is 1. The van der Waals surface area contributed by atoms with E-state index in [2.05, 4.69) is 35.5 Å². The zero-order valence-electron chi connectivity index (χ0n) is 19.7. The number of hydrogen-bond acceptors (Lipinski definition) is 8. The molecular formula is C24H28N4O4S2. The molecule has 0 N–H and O–H groups in total. The molecule has 0 bridgehead atoms. The van der Waals surface area contributed by atoms with Gasteiger partial charge in [0.2, 0.25) is 21.6 Å². The molecule has 8 nitrogen and oxygen atoms in total. The number of imidazole rings is 1. The number of sulfone groups is 1. The molecule has 34 heavy (non-hydrogen) atoms. The van der Waals surface area contributed by atoms with Gasteiger partial charge < -0.3 is 13.8 Å². The van der Waals surface area contributed by atoms with Crippen molar-refractivity contribution in [3.8, 4) is 11.4 Å². The van der Waals surface area contributed by atoms with E-state index in [1.54, 1.807) is 30.5 Å². The standard InChI is InChI=1S/C24H28N4O4S2/c1-15-25-22(27-32-15)17-11-21(33-14-17)34(29,30)18-5-6-20-19(12-18)26-23(24(2,3)4)28(20)13-16-7-9-31-10-8-16/h5-6,11-12,14,16H,7-10,13H2,1-4H3. The molecule has 1 aliphatic rings. The minimum absolute atomic E-state index is 0.172. The van der Waals surface area contributed by atoms with E-state index >= 15 is 0 Å². The first-order chi connectivity index (χ1) is 16.1. The number of thiophene rings is 1. The van der Waals surface area contributed by atoms with Crippen LogP contribution >= 0.6 is 11.3 Å². The van der Waals surface area contributed by atoms with Gasteiger partial charge in [-0.15, -0.1) is 11.3 Å². The van der Waals surface area contributed by atoms with Gasteiger partial charge in [-0.1, -0.05) is 25.9 Å². The quantitative estimate of drug-likeness (QED) is 0.379. The number of hydrogen-bond donors (Lipinski definition) is 0. The molecule has 1 aliphatic heterocycles. The molecule has 3 aromatic heterocycles. The maximum absolute atomic E-state index is 13.4. The van der Waals surface area contributed by atoms with Crippen LogP contribution in [0, 0.1) is 12.8 Å². The molecule has 0 saturated carbocycles. The van der Waals surface area contributed by atoms with Gasteiger partial charge in [-0.2, -0.15) is 4.98 Å². The maximum Gasteiger partial charge on any atom is 0.223 e. The van der Waals surface area contributed by atoms with Crippen LogP contribution in [-0.2, 0) is 26.5 Å². The number of aromatic nitrogens is 4. The van der Waals surface area contributed by atoms with Gasteiger partial charge in [0.25, 0.3) is 0 Å². The molecule has 180 valence electrons. The van der Waals surface area contributed by atoms with Gasteiger partial charge >= 0.3 is 0 Å². The van der Waals surface area contributed by atoms with Gasteiger partial charge in [0, 0.05) is 43.0 Å². The molecule has 1 saturated heterocycles. The summed E-state index contributed by atoms with van der Waals surface area (Å²) < 4.78 is 39.9. The molecular weight excluding hydrogens is 472 g/mol. The second-order valence-electron chi connectivity index (χ2n) is 9.80. The van der Waals surface area contributed by atoms with Crippen LogP contribution < -0.4 is 0 Å². The summed E-state index contributed by atoms with van der Waals surface area (Å²) >= 11 is 1.15. The minimum Gasteiger partial charge on any atom is -0.381 e. The Labute approximate surface area is 202 Å². The monoisotopic (exact) mass is 500 g/mol. The Morgan fingerprint density at radius 3 is 2.59 bits per heavy atom. The van der Waals surface area contributed by atoms with E-state index in [1.807, 2.05) is 6.07 Å². The molecule has 4 heterocycles. The molecule has 0 spiro atoms. The van der Waals surface area contributed by atoms with Crippen molar-refractivity contribution in [2.24, 2.45) is 5.92 Å². The van der Waals surface area contributed by atoms with Crippen LogP contribution in [0.2, 0.25) is 0 Å². The minimum atomic E-state index is -3.71. The summed E-state index contributed by atoms with van der Waals surface area (Å²) in [6, 6.07) is 6.86. The predicted molar refractivity (Wildman–Crippen MR) is 130 cm³/mol. The zero-order chi connectivity index (χ0) is 24.1. The highest BCUT2D eigenvalue weighted by atomic mass is 32.2. The molecule has 0 radical (unpaired) electrons. The van der Waals surface area contributed by atoms with E-state index in [4.69, 9.17) is 14.2 Å². The van der Waals surface area contributed by atoms with E-state index in [9.17, 15) is 8.42 Å². The van der Waals surface area contributed by atoms with Crippen molar-refractivity contribution in [2.45, 2.75) is 61.6 Å². The number of fused-ring (bicyclic) bond motifs is 1. The van der Waals surface area contributed by atoms with E-state index < -0.39 is 9.84 Å². The van der Waals surface area contributed by atoms with Crippen molar-refractivity contribution in [3.63, 3.8) is 0 Å². The molecule has 5 rings (SSSR count).